The summed E-state index contributed by atoms with van der Waals surface area (Å²) in [6.07, 6.45) is 4.98. The van der Waals surface area contributed by atoms with Crippen molar-refractivity contribution in [1.29, 1.82) is 0 Å². The van der Waals surface area contributed by atoms with Crippen molar-refractivity contribution in [3.63, 3.8) is 0 Å². The van der Waals surface area contributed by atoms with E-state index in [9.17, 15) is 0 Å². The van der Waals surface area contributed by atoms with E-state index >= 15 is 0 Å². The van der Waals surface area contributed by atoms with Crippen LogP contribution in [0, 0.1) is 17.3 Å². The third kappa shape index (κ3) is 3.49. The predicted molar refractivity (Wildman–Crippen MR) is 78.8 cm³/mol. The van der Waals surface area contributed by atoms with Crippen molar-refractivity contribution in [1.82, 2.24) is 0 Å². The molecular formula is C16H24ClN. The summed E-state index contributed by atoms with van der Waals surface area (Å²) in [5.74, 6) is 1.38. The average molecular weight is 266 g/mol. The van der Waals surface area contributed by atoms with Crippen molar-refractivity contribution in [2.75, 3.05) is 6.54 Å². The summed E-state index contributed by atoms with van der Waals surface area (Å²) < 4.78 is 0. The Balaban J connectivity index is 2.09. The Hall–Kier alpha value is -0.530. The maximum absolute atomic E-state index is 6.06. The normalized spacial score (nSPS) is 27.1. The van der Waals surface area contributed by atoms with Gasteiger partial charge in [0, 0.05) is 5.02 Å². The summed E-state index contributed by atoms with van der Waals surface area (Å²) in [6, 6.07) is 8.26. The fourth-order valence-corrected chi connectivity index (χ4v) is 3.52. The Morgan fingerprint density at radius 1 is 1.33 bits per heavy atom. The van der Waals surface area contributed by atoms with Crippen LogP contribution in [-0.4, -0.2) is 6.54 Å². The molecule has 0 radical (unpaired) electrons. The number of hydrogen-bond acceptors (Lipinski definition) is 1. The summed E-state index contributed by atoms with van der Waals surface area (Å²) in [5, 5.41) is 0.840. The van der Waals surface area contributed by atoms with E-state index in [1.54, 1.807) is 0 Å². The number of halogens is 1. The lowest BCUT2D eigenvalue weighted by Gasteiger charge is -2.40. The molecule has 0 saturated heterocycles. The second kappa shape index (κ2) is 5.63. The van der Waals surface area contributed by atoms with Crippen LogP contribution in [0.3, 0.4) is 0 Å². The summed E-state index contributed by atoms with van der Waals surface area (Å²) in [4.78, 5) is 0. The fraction of sp³-hybridized carbons (Fsp3) is 0.625. The van der Waals surface area contributed by atoms with Crippen molar-refractivity contribution in [2.45, 2.75) is 39.5 Å². The molecule has 2 N–H and O–H groups in total. The minimum Gasteiger partial charge on any atom is -0.330 e. The van der Waals surface area contributed by atoms with Crippen LogP contribution in [-0.2, 0) is 6.42 Å². The highest BCUT2D eigenvalue weighted by atomic mass is 35.5. The third-order valence-electron chi connectivity index (χ3n) is 4.36. The predicted octanol–water partition coefficient (Wildman–Crippen LogP) is 4.28. The first-order valence-corrected chi connectivity index (χ1v) is 7.32. The molecule has 2 atom stereocenters. The van der Waals surface area contributed by atoms with Crippen LogP contribution in [0.25, 0.3) is 0 Å². The third-order valence-corrected chi connectivity index (χ3v) is 4.60. The quantitative estimate of drug-likeness (QED) is 0.867. The molecule has 0 aromatic heterocycles. The molecule has 0 aliphatic heterocycles. The van der Waals surface area contributed by atoms with Crippen molar-refractivity contribution in [2.24, 2.45) is 23.0 Å². The van der Waals surface area contributed by atoms with Gasteiger partial charge in [-0.15, -0.1) is 0 Å². The molecule has 2 unspecified atom stereocenters. The highest BCUT2D eigenvalue weighted by molar-refractivity contribution is 6.30. The van der Waals surface area contributed by atoms with E-state index < -0.39 is 0 Å². The van der Waals surface area contributed by atoms with Gasteiger partial charge in [0.15, 0.2) is 0 Å². The minimum absolute atomic E-state index is 0.467. The molecule has 100 valence electrons. The van der Waals surface area contributed by atoms with Crippen molar-refractivity contribution >= 4 is 11.6 Å². The van der Waals surface area contributed by atoms with E-state index in [-0.39, 0.29) is 0 Å². The van der Waals surface area contributed by atoms with Crippen LogP contribution < -0.4 is 5.73 Å². The van der Waals surface area contributed by atoms with Gasteiger partial charge >= 0.3 is 0 Å². The van der Waals surface area contributed by atoms with Crippen LogP contribution >= 0.6 is 11.6 Å². The molecule has 2 heteroatoms. The van der Waals surface area contributed by atoms with Gasteiger partial charge in [-0.25, -0.2) is 0 Å². The second-order valence-corrected chi connectivity index (χ2v) is 6.93. The van der Waals surface area contributed by atoms with Crippen LogP contribution in [0.15, 0.2) is 24.3 Å². The molecule has 1 nitrogen and oxygen atoms in total. The molecule has 1 fully saturated rings. The number of nitrogens with two attached hydrogens (primary N) is 1. The molecule has 0 heterocycles. The molecule has 0 bridgehead atoms. The van der Waals surface area contributed by atoms with Crippen LogP contribution in [0.5, 0.6) is 0 Å². The van der Waals surface area contributed by atoms with E-state index in [1.165, 1.54) is 24.8 Å². The van der Waals surface area contributed by atoms with E-state index in [0.717, 1.165) is 18.0 Å². The monoisotopic (exact) mass is 265 g/mol. The molecule has 1 saturated carbocycles. The standard InChI is InChI=1S/C16H24ClN/c1-16(2)7-6-13(11-18)14(10-16)8-12-4-3-5-15(17)9-12/h3-5,9,13-14H,6-8,10-11,18H2,1-2H3. The average Bonchev–Trinajstić information content (AvgIpc) is 2.28. The summed E-state index contributed by atoms with van der Waals surface area (Å²) in [5.41, 5.74) is 7.76. The number of rotatable bonds is 3. The van der Waals surface area contributed by atoms with Gasteiger partial charge in [-0.3, -0.25) is 0 Å². The van der Waals surface area contributed by atoms with Crippen LogP contribution in [0.1, 0.15) is 38.7 Å². The zero-order valence-corrected chi connectivity index (χ0v) is 12.2. The zero-order chi connectivity index (χ0) is 13.2. The summed E-state index contributed by atoms with van der Waals surface area (Å²) in [6.45, 7) is 5.58. The highest BCUT2D eigenvalue weighted by Crippen LogP contribution is 2.42. The van der Waals surface area contributed by atoms with Crippen molar-refractivity contribution in [3.05, 3.63) is 34.9 Å². The molecule has 0 spiro atoms. The van der Waals surface area contributed by atoms with Gasteiger partial charge in [-0.2, -0.15) is 0 Å². The van der Waals surface area contributed by atoms with E-state index in [2.05, 4.69) is 26.0 Å². The Morgan fingerprint density at radius 3 is 2.78 bits per heavy atom. The molecule has 1 aromatic carbocycles. The van der Waals surface area contributed by atoms with E-state index in [1.807, 2.05) is 12.1 Å². The van der Waals surface area contributed by atoms with Gasteiger partial charge in [0.25, 0.3) is 0 Å². The van der Waals surface area contributed by atoms with Gasteiger partial charge in [0.05, 0.1) is 0 Å². The second-order valence-electron chi connectivity index (χ2n) is 6.50. The van der Waals surface area contributed by atoms with Crippen molar-refractivity contribution in [3.8, 4) is 0 Å². The van der Waals surface area contributed by atoms with Gasteiger partial charge in [0.2, 0.25) is 0 Å². The minimum atomic E-state index is 0.467. The van der Waals surface area contributed by atoms with E-state index in [0.29, 0.717) is 17.3 Å². The first kappa shape index (κ1) is 13.9. The molecule has 1 aliphatic rings. The van der Waals surface area contributed by atoms with Gasteiger partial charge in [0.1, 0.15) is 0 Å². The highest BCUT2D eigenvalue weighted by Gasteiger charge is 2.33. The van der Waals surface area contributed by atoms with Gasteiger partial charge in [-0.1, -0.05) is 37.6 Å². The molecule has 0 amide bonds. The first-order chi connectivity index (χ1) is 8.50. The summed E-state index contributed by atoms with van der Waals surface area (Å²) >= 11 is 6.06. The SMILES string of the molecule is CC1(C)CCC(CN)C(Cc2cccc(Cl)c2)C1. The smallest absolute Gasteiger partial charge is 0.0408 e. The maximum Gasteiger partial charge on any atom is 0.0408 e. The molecule has 1 aromatic rings. The first-order valence-electron chi connectivity index (χ1n) is 6.95. The van der Waals surface area contributed by atoms with Crippen LogP contribution in [0.2, 0.25) is 5.02 Å². The summed E-state index contributed by atoms with van der Waals surface area (Å²) in [7, 11) is 0. The van der Waals surface area contributed by atoms with Gasteiger partial charge in [-0.05, 0) is 67.2 Å². The zero-order valence-electron chi connectivity index (χ0n) is 11.5. The Bertz CT molecular complexity index is 400. The van der Waals surface area contributed by atoms with Crippen LogP contribution in [0.4, 0.5) is 0 Å². The molecule has 1 aliphatic carbocycles. The van der Waals surface area contributed by atoms with Gasteiger partial charge < -0.3 is 5.73 Å². The molecular weight excluding hydrogens is 242 g/mol. The fourth-order valence-electron chi connectivity index (χ4n) is 3.31. The van der Waals surface area contributed by atoms with Crippen molar-refractivity contribution < 1.29 is 0 Å². The maximum atomic E-state index is 6.06. The number of benzene rings is 1. The molecule has 2 rings (SSSR count). The Kier molecular flexibility index (Phi) is 4.34. The Labute approximate surface area is 116 Å². The Morgan fingerprint density at radius 2 is 2.11 bits per heavy atom. The largest absolute Gasteiger partial charge is 0.330 e. The number of hydrogen-bond donors (Lipinski definition) is 1. The lowest BCUT2D eigenvalue weighted by Crippen LogP contribution is -2.35. The van der Waals surface area contributed by atoms with E-state index in [4.69, 9.17) is 17.3 Å². The topological polar surface area (TPSA) is 26.0 Å². The molecule has 18 heavy (non-hydrogen) atoms. The lowest BCUT2D eigenvalue weighted by molar-refractivity contribution is 0.121. The lowest BCUT2D eigenvalue weighted by atomic mass is 9.65.